The van der Waals surface area contributed by atoms with Crippen LogP contribution in [0, 0.1) is 11.3 Å². The van der Waals surface area contributed by atoms with Crippen molar-refractivity contribution in [3.8, 4) is 6.07 Å². The lowest BCUT2D eigenvalue weighted by atomic mass is 10.1. The first-order valence-corrected chi connectivity index (χ1v) is 6.63. The smallest absolute Gasteiger partial charge is 0.170 e. The first-order chi connectivity index (χ1) is 8.90. The minimum Gasteiger partial charge on any atom is -0.348 e. The third-order valence-electron chi connectivity index (χ3n) is 2.42. The highest BCUT2D eigenvalue weighted by molar-refractivity contribution is 7.99. The molecule has 2 aromatic carbocycles. The number of nitrogens with zero attached hydrogens (tertiary/aromatic N) is 1. The first-order valence-electron chi connectivity index (χ1n) is 5.64. The second-order valence-electron chi connectivity index (χ2n) is 3.66. The van der Waals surface area contributed by atoms with Crippen LogP contribution in [0.3, 0.4) is 0 Å². The summed E-state index contributed by atoms with van der Waals surface area (Å²) in [5, 5.41) is 9.09. The van der Waals surface area contributed by atoms with Crippen molar-refractivity contribution in [2.24, 2.45) is 0 Å². The second kappa shape index (κ2) is 6.85. The van der Waals surface area contributed by atoms with Gasteiger partial charge in [-0.05, 0) is 17.7 Å². The first kappa shape index (κ1) is 12.7. The molecule has 0 aliphatic heterocycles. The summed E-state index contributed by atoms with van der Waals surface area (Å²) >= 11 is 1.59. The molecular weight excluding hydrogens is 242 g/mol. The molecule has 2 rings (SSSR count). The molecule has 0 N–H and O–H groups in total. The van der Waals surface area contributed by atoms with E-state index in [9.17, 15) is 0 Å². The van der Waals surface area contributed by atoms with E-state index in [0.717, 1.165) is 10.5 Å². The Bertz CT molecular complexity index is 507. The van der Waals surface area contributed by atoms with Gasteiger partial charge in [0.05, 0.1) is 12.0 Å². The largest absolute Gasteiger partial charge is 0.348 e. The molecule has 18 heavy (non-hydrogen) atoms. The number of ether oxygens (including phenoxy) is 1. The van der Waals surface area contributed by atoms with Crippen LogP contribution >= 0.6 is 11.8 Å². The van der Waals surface area contributed by atoms with Crippen molar-refractivity contribution in [1.29, 1.82) is 5.26 Å². The van der Waals surface area contributed by atoms with Gasteiger partial charge >= 0.3 is 0 Å². The van der Waals surface area contributed by atoms with Crippen LogP contribution < -0.4 is 0 Å². The molecule has 0 radical (unpaired) electrons. The van der Waals surface area contributed by atoms with Gasteiger partial charge in [-0.2, -0.15) is 5.26 Å². The monoisotopic (exact) mass is 255 g/mol. The molecule has 90 valence electrons. The van der Waals surface area contributed by atoms with Crippen LogP contribution in [-0.2, 0) is 4.74 Å². The predicted molar refractivity (Wildman–Crippen MR) is 73.0 cm³/mol. The predicted octanol–water partition coefficient (Wildman–Crippen LogP) is 4.02. The quantitative estimate of drug-likeness (QED) is 0.597. The summed E-state index contributed by atoms with van der Waals surface area (Å²) in [6.07, 6.45) is -0.498. The average Bonchev–Trinajstić information content (AvgIpc) is 2.46. The number of benzene rings is 2. The number of nitriles is 1. The summed E-state index contributed by atoms with van der Waals surface area (Å²) in [4.78, 5) is 1.14. The molecule has 0 spiro atoms. The summed E-state index contributed by atoms with van der Waals surface area (Å²) in [6.45, 7) is 0. The van der Waals surface area contributed by atoms with Gasteiger partial charge in [-0.3, -0.25) is 0 Å². The Labute approximate surface area is 111 Å². The molecule has 0 saturated carbocycles. The third-order valence-corrected chi connectivity index (χ3v) is 3.28. The van der Waals surface area contributed by atoms with Gasteiger partial charge in [-0.1, -0.05) is 60.3 Å². The zero-order chi connectivity index (χ0) is 12.6. The van der Waals surface area contributed by atoms with E-state index in [0.29, 0.717) is 5.94 Å². The van der Waals surface area contributed by atoms with Gasteiger partial charge in [-0.25, -0.2) is 0 Å². The van der Waals surface area contributed by atoms with E-state index < -0.39 is 6.10 Å². The number of hydrogen-bond acceptors (Lipinski definition) is 3. The number of hydrogen-bond donors (Lipinski definition) is 0. The van der Waals surface area contributed by atoms with E-state index in [4.69, 9.17) is 10.00 Å². The Kier molecular flexibility index (Phi) is 4.83. The minimum atomic E-state index is -0.498. The SMILES string of the molecule is N#CC(OCSc1ccccc1)c1ccccc1. The summed E-state index contributed by atoms with van der Waals surface area (Å²) < 4.78 is 5.58. The Morgan fingerprint density at radius 3 is 2.22 bits per heavy atom. The van der Waals surface area contributed by atoms with Crippen molar-refractivity contribution in [2.45, 2.75) is 11.0 Å². The standard InChI is InChI=1S/C15H13NOS/c16-11-15(13-7-3-1-4-8-13)17-12-18-14-9-5-2-6-10-14/h1-10,15H,12H2. The highest BCUT2D eigenvalue weighted by atomic mass is 32.2. The normalized spacial score (nSPS) is 11.7. The molecule has 0 amide bonds. The molecular formula is C15H13NOS. The highest BCUT2D eigenvalue weighted by Gasteiger charge is 2.09. The van der Waals surface area contributed by atoms with Crippen LogP contribution in [0.5, 0.6) is 0 Å². The van der Waals surface area contributed by atoms with Crippen LogP contribution in [0.15, 0.2) is 65.6 Å². The minimum absolute atomic E-state index is 0.469. The average molecular weight is 255 g/mol. The maximum atomic E-state index is 9.09. The summed E-state index contributed by atoms with van der Waals surface area (Å²) in [7, 11) is 0. The van der Waals surface area contributed by atoms with Crippen molar-refractivity contribution in [3.63, 3.8) is 0 Å². The second-order valence-corrected chi connectivity index (χ2v) is 4.66. The van der Waals surface area contributed by atoms with Crippen molar-refractivity contribution < 1.29 is 4.74 Å². The van der Waals surface area contributed by atoms with Crippen molar-refractivity contribution in [3.05, 3.63) is 66.2 Å². The summed E-state index contributed by atoms with van der Waals surface area (Å²) in [5.41, 5.74) is 0.897. The van der Waals surface area contributed by atoms with E-state index in [-0.39, 0.29) is 0 Å². The van der Waals surface area contributed by atoms with E-state index >= 15 is 0 Å². The molecule has 1 unspecified atom stereocenters. The van der Waals surface area contributed by atoms with Crippen molar-refractivity contribution in [2.75, 3.05) is 5.94 Å². The molecule has 1 atom stereocenters. The topological polar surface area (TPSA) is 33.0 Å². The Balaban J connectivity index is 1.88. The fourth-order valence-electron chi connectivity index (χ4n) is 1.52. The maximum absolute atomic E-state index is 9.09. The highest BCUT2D eigenvalue weighted by Crippen LogP contribution is 2.22. The number of rotatable bonds is 5. The number of thioether (sulfide) groups is 1. The molecule has 0 saturated heterocycles. The zero-order valence-corrected chi connectivity index (χ0v) is 10.6. The van der Waals surface area contributed by atoms with E-state index in [2.05, 4.69) is 6.07 Å². The molecule has 0 aliphatic carbocycles. The van der Waals surface area contributed by atoms with Gasteiger partial charge in [0.25, 0.3) is 0 Å². The van der Waals surface area contributed by atoms with Gasteiger partial charge in [0.1, 0.15) is 0 Å². The maximum Gasteiger partial charge on any atom is 0.170 e. The van der Waals surface area contributed by atoms with Gasteiger partial charge in [0.2, 0.25) is 0 Å². The van der Waals surface area contributed by atoms with Gasteiger partial charge in [-0.15, -0.1) is 0 Å². The van der Waals surface area contributed by atoms with Crippen molar-refractivity contribution >= 4 is 11.8 Å². The molecule has 0 aromatic heterocycles. The van der Waals surface area contributed by atoms with Crippen LogP contribution in [0.2, 0.25) is 0 Å². The van der Waals surface area contributed by atoms with Crippen molar-refractivity contribution in [1.82, 2.24) is 0 Å². The zero-order valence-electron chi connectivity index (χ0n) is 9.82. The fourth-order valence-corrected chi connectivity index (χ4v) is 2.21. The molecule has 2 nitrogen and oxygen atoms in total. The van der Waals surface area contributed by atoms with E-state index in [1.54, 1.807) is 11.8 Å². The van der Waals surface area contributed by atoms with Gasteiger partial charge < -0.3 is 4.74 Å². The fraction of sp³-hybridized carbons (Fsp3) is 0.133. The van der Waals surface area contributed by atoms with E-state index in [1.807, 2.05) is 60.7 Å². The Morgan fingerprint density at radius 1 is 1.00 bits per heavy atom. The van der Waals surface area contributed by atoms with Crippen LogP contribution in [0.1, 0.15) is 11.7 Å². The lowest BCUT2D eigenvalue weighted by Gasteiger charge is -2.10. The molecule has 2 aromatic rings. The third kappa shape index (κ3) is 3.63. The summed E-state index contributed by atoms with van der Waals surface area (Å²) in [5.74, 6) is 0.469. The van der Waals surface area contributed by atoms with E-state index in [1.165, 1.54) is 0 Å². The molecule has 0 fully saturated rings. The Hall–Kier alpha value is -1.76. The molecule has 0 heterocycles. The lowest BCUT2D eigenvalue weighted by Crippen LogP contribution is -2.01. The van der Waals surface area contributed by atoms with Gasteiger partial charge in [0, 0.05) is 4.90 Å². The van der Waals surface area contributed by atoms with Crippen LogP contribution in [-0.4, -0.2) is 5.94 Å². The van der Waals surface area contributed by atoms with Gasteiger partial charge in [0.15, 0.2) is 6.10 Å². The molecule has 0 bridgehead atoms. The lowest BCUT2D eigenvalue weighted by molar-refractivity contribution is 0.134. The van der Waals surface area contributed by atoms with Crippen LogP contribution in [0.25, 0.3) is 0 Å². The molecule has 0 aliphatic rings. The van der Waals surface area contributed by atoms with Crippen LogP contribution in [0.4, 0.5) is 0 Å². The Morgan fingerprint density at radius 2 is 1.61 bits per heavy atom. The molecule has 3 heteroatoms. The summed E-state index contributed by atoms with van der Waals surface area (Å²) in [6, 6.07) is 21.7.